The average Bonchev–Trinajstić information content (AvgIpc) is 2.54. The molecule has 4 nitrogen and oxygen atoms in total. The summed E-state index contributed by atoms with van der Waals surface area (Å²) in [6.45, 7) is 0. The fourth-order valence-electron chi connectivity index (χ4n) is 1.29. The zero-order chi connectivity index (χ0) is 8.51. The smallest absolute Gasteiger partial charge is 0.343 e. The van der Waals surface area contributed by atoms with Crippen molar-refractivity contribution in [3.05, 3.63) is 6.07 Å². The van der Waals surface area contributed by atoms with E-state index in [2.05, 4.69) is 16.8 Å². The van der Waals surface area contributed by atoms with Crippen LogP contribution in [0.1, 0.15) is 0 Å². The van der Waals surface area contributed by atoms with Crippen LogP contribution in [0, 0.1) is 0 Å². The first-order valence-corrected chi connectivity index (χ1v) is 4.97. The van der Waals surface area contributed by atoms with Crippen LogP contribution in [0.4, 0.5) is 0 Å². The van der Waals surface area contributed by atoms with Crippen molar-refractivity contribution >= 4 is 33.9 Å². The lowest BCUT2D eigenvalue weighted by Crippen LogP contribution is -2.01. The van der Waals surface area contributed by atoms with Crippen molar-refractivity contribution in [3.8, 4) is 5.75 Å². The van der Waals surface area contributed by atoms with Crippen LogP contribution in [0.15, 0.2) is 20.3 Å². The first-order chi connectivity index (χ1) is 5.59. The highest BCUT2D eigenvalue weighted by atomic mass is 32.2. The molecule has 0 saturated carbocycles. The summed E-state index contributed by atoms with van der Waals surface area (Å²) in [6.07, 6.45) is 0. The van der Waals surface area contributed by atoms with Gasteiger partial charge in [0.1, 0.15) is 5.58 Å². The maximum Gasteiger partial charge on any atom is 0.343 e. The van der Waals surface area contributed by atoms with E-state index in [1.165, 1.54) is 6.07 Å². The van der Waals surface area contributed by atoms with E-state index in [-0.39, 0.29) is 16.2 Å². The van der Waals surface area contributed by atoms with Gasteiger partial charge in [0.25, 0.3) is 0 Å². The minimum Gasteiger partial charge on any atom is -0.450 e. The molecular weight excluding hydrogens is 200 g/mol. The molecule has 0 saturated heterocycles. The first kappa shape index (κ1) is 6.62. The lowest BCUT2D eigenvalue weighted by atomic mass is 10.3. The second kappa shape index (κ2) is 1.57. The van der Waals surface area contributed by atoms with E-state index in [0.29, 0.717) is 10.5 Å². The van der Waals surface area contributed by atoms with Crippen LogP contribution in [-0.4, -0.2) is 8.42 Å². The number of fused-ring (bicyclic) bond motifs is 1. The normalized spacial score (nSPS) is 18.8. The summed E-state index contributed by atoms with van der Waals surface area (Å²) in [5.41, 5.74) is 0.745. The molecule has 0 N–H and O–H groups in total. The molecule has 2 aromatic heterocycles. The van der Waals surface area contributed by atoms with E-state index in [0.717, 1.165) is 0 Å². The number of furan rings is 2. The Morgan fingerprint density at radius 2 is 2.17 bits per heavy atom. The van der Waals surface area contributed by atoms with Crippen LogP contribution in [0.2, 0.25) is 0 Å². The fraction of sp³-hybridized carbons (Fsp3) is 0. The van der Waals surface area contributed by atoms with Gasteiger partial charge in [-0.2, -0.15) is 8.42 Å². The Morgan fingerprint density at radius 3 is 2.75 bits per heavy atom. The number of rotatable bonds is 0. The zero-order valence-electron chi connectivity index (χ0n) is 5.57. The Kier molecular flexibility index (Phi) is 0.868. The predicted molar refractivity (Wildman–Crippen MR) is 42.5 cm³/mol. The van der Waals surface area contributed by atoms with Crippen molar-refractivity contribution in [2.45, 2.75) is 9.79 Å². The molecule has 2 bridgehead atoms. The van der Waals surface area contributed by atoms with Gasteiger partial charge in [-0.1, -0.05) is 0 Å². The third-order valence-corrected chi connectivity index (χ3v) is 3.47. The van der Waals surface area contributed by atoms with Gasteiger partial charge in [0.05, 0.1) is 4.90 Å². The topological polar surface area (TPSA) is 56.5 Å². The summed E-state index contributed by atoms with van der Waals surface area (Å²) in [7, 11) is -3.59. The Balaban J connectivity index is 2.63. The predicted octanol–water partition coefficient (Wildman–Crippen LogP) is 1.24. The third-order valence-electron chi connectivity index (χ3n) is 1.82. The van der Waals surface area contributed by atoms with Gasteiger partial charge in [-0.25, -0.2) is 0 Å². The standard InChI is InChI=1S/C6H2O4S2/c7-12(8)3-1-2-6(11)5(10-12)4(3)9-2/h1,11H. The molecule has 3 heterocycles. The molecule has 62 valence electrons. The van der Waals surface area contributed by atoms with E-state index in [1.54, 1.807) is 0 Å². The Labute approximate surface area is 73.0 Å². The second-order valence-electron chi connectivity index (χ2n) is 2.52. The fourth-order valence-corrected chi connectivity index (χ4v) is 2.69. The summed E-state index contributed by atoms with van der Waals surface area (Å²) in [5, 5.41) is 0. The van der Waals surface area contributed by atoms with Gasteiger partial charge >= 0.3 is 10.1 Å². The third kappa shape index (κ3) is 0.517. The van der Waals surface area contributed by atoms with Crippen LogP contribution >= 0.6 is 12.6 Å². The van der Waals surface area contributed by atoms with Crippen LogP contribution < -0.4 is 4.18 Å². The largest absolute Gasteiger partial charge is 0.450 e. The summed E-state index contributed by atoms with van der Waals surface area (Å²) < 4.78 is 32.1. The Bertz CT molecular complexity index is 565. The quantitative estimate of drug-likeness (QED) is 0.516. The second-order valence-corrected chi connectivity index (χ2v) is 4.48. The summed E-state index contributed by atoms with van der Waals surface area (Å²) in [6, 6.07) is 1.42. The van der Waals surface area contributed by atoms with Gasteiger partial charge in [-0.15, -0.1) is 12.6 Å². The molecule has 0 atom stereocenters. The highest BCUT2D eigenvalue weighted by Gasteiger charge is 2.38. The van der Waals surface area contributed by atoms with Crippen LogP contribution in [-0.2, 0) is 10.1 Å². The molecule has 0 fully saturated rings. The van der Waals surface area contributed by atoms with Crippen molar-refractivity contribution in [2.24, 2.45) is 0 Å². The van der Waals surface area contributed by atoms with Crippen molar-refractivity contribution in [3.63, 3.8) is 0 Å². The van der Waals surface area contributed by atoms with Crippen molar-refractivity contribution in [2.75, 3.05) is 0 Å². The number of hydrogen-bond acceptors (Lipinski definition) is 5. The maximum absolute atomic E-state index is 11.2. The molecule has 6 heteroatoms. The average molecular weight is 202 g/mol. The van der Waals surface area contributed by atoms with E-state index < -0.39 is 10.1 Å². The molecule has 1 aliphatic rings. The molecule has 0 spiro atoms. The lowest BCUT2D eigenvalue weighted by Gasteiger charge is -1.91. The SMILES string of the molecule is O=S1(=O)Oc2c(S)c3cc1c2o3. The van der Waals surface area contributed by atoms with E-state index in [4.69, 9.17) is 4.42 Å². The highest BCUT2D eigenvalue weighted by molar-refractivity contribution is 7.87. The van der Waals surface area contributed by atoms with Crippen LogP contribution in [0.5, 0.6) is 5.75 Å². The molecule has 0 aromatic carbocycles. The molecule has 2 aromatic rings. The van der Waals surface area contributed by atoms with Crippen molar-refractivity contribution in [1.29, 1.82) is 0 Å². The summed E-state index contributed by atoms with van der Waals surface area (Å²) in [5.74, 6) is 0.228. The Hall–Kier alpha value is -0.880. The number of benzene rings is 1. The minimum atomic E-state index is -3.59. The van der Waals surface area contributed by atoms with E-state index >= 15 is 0 Å². The molecule has 0 amide bonds. The van der Waals surface area contributed by atoms with Gasteiger partial charge < -0.3 is 8.60 Å². The molecule has 12 heavy (non-hydrogen) atoms. The minimum absolute atomic E-state index is 0.116. The maximum atomic E-state index is 11.2. The molecule has 3 rings (SSSR count). The summed E-state index contributed by atoms with van der Waals surface area (Å²) >= 11 is 4.04. The summed E-state index contributed by atoms with van der Waals surface area (Å²) in [4.78, 5) is 0.570. The van der Waals surface area contributed by atoms with Gasteiger partial charge in [0.15, 0.2) is 10.5 Å². The van der Waals surface area contributed by atoms with Crippen LogP contribution in [0.3, 0.4) is 0 Å². The molecular formula is C6H2O4S2. The number of thiol groups is 1. The van der Waals surface area contributed by atoms with E-state index in [1.807, 2.05) is 0 Å². The van der Waals surface area contributed by atoms with Gasteiger partial charge in [0, 0.05) is 6.07 Å². The highest BCUT2D eigenvalue weighted by Crippen LogP contribution is 2.48. The van der Waals surface area contributed by atoms with E-state index in [9.17, 15) is 8.42 Å². The Morgan fingerprint density at radius 1 is 1.42 bits per heavy atom. The van der Waals surface area contributed by atoms with Crippen LogP contribution in [0.25, 0.3) is 11.2 Å². The zero-order valence-corrected chi connectivity index (χ0v) is 7.28. The van der Waals surface area contributed by atoms with Gasteiger partial charge in [0.2, 0.25) is 5.75 Å². The molecule has 0 radical (unpaired) electrons. The molecule has 0 aliphatic carbocycles. The number of hydrogen-bond donors (Lipinski definition) is 1. The first-order valence-electron chi connectivity index (χ1n) is 3.12. The van der Waals surface area contributed by atoms with Gasteiger partial charge in [-0.3, -0.25) is 0 Å². The lowest BCUT2D eigenvalue weighted by molar-refractivity contribution is 0.495. The van der Waals surface area contributed by atoms with Crippen molar-refractivity contribution < 1.29 is 17.0 Å². The molecule has 0 unspecified atom stereocenters. The molecule has 1 aliphatic heterocycles. The monoisotopic (exact) mass is 202 g/mol. The van der Waals surface area contributed by atoms with Crippen molar-refractivity contribution in [1.82, 2.24) is 0 Å². The van der Waals surface area contributed by atoms with Gasteiger partial charge in [-0.05, 0) is 0 Å².